The van der Waals surface area contributed by atoms with Gasteiger partial charge >= 0.3 is 0 Å². The molecule has 104 valence electrons. The lowest BCUT2D eigenvalue weighted by Gasteiger charge is -2.36. The minimum absolute atomic E-state index is 0.954. The number of benzene rings is 1. The normalized spacial score (nSPS) is 28.8. The highest BCUT2D eigenvalue weighted by molar-refractivity contribution is 5.47. The van der Waals surface area contributed by atoms with E-state index in [1.54, 1.807) is 0 Å². The van der Waals surface area contributed by atoms with E-state index in [9.17, 15) is 0 Å². The van der Waals surface area contributed by atoms with Crippen LogP contribution in [0.25, 0.3) is 0 Å². The summed E-state index contributed by atoms with van der Waals surface area (Å²) in [5, 5.41) is 0. The van der Waals surface area contributed by atoms with Crippen LogP contribution in [-0.2, 0) is 0 Å². The quantitative estimate of drug-likeness (QED) is 0.852. The lowest BCUT2D eigenvalue weighted by atomic mass is 10.1. The number of hydrogen-bond acceptors (Lipinski definition) is 1. The van der Waals surface area contributed by atoms with Gasteiger partial charge in [0.05, 0.1) is 32.2 Å². The molecule has 0 radical (unpaired) electrons. The number of nitrogens with one attached hydrogen (secondary N) is 1. The summed E-state index contributed by atoms with van der Waals surface area (Å²) in [6.45, 7) is 9.68. The van der Waals surface area contributed by atoms with E-state index in [4.69, 9.17) is 0 Å². The van der Waals surface area contributed by atoms with Crippen molar-refractivity contribution in [1.82, 2.24) is 0 Å². The third-order valence-electron chi connectivity index (χ3n) is 5.08. The molecule has 19 heavy (non-hydrogen) atoms. The van der Waals surface area contributed by atoms with Crippen molar-refractivity contribution in [2.75, 3.05) is 31.1 Å². The maximum atomic E-state index is 2.56. The first-order chi connectivity index (χ1) is 9.22. The van der Waals surface area contributed by atoms with Crippen molar-refractivity contribution in [3.63, 3.8) is 0 Å². The van der Waals surface area contributed by atoms with Crippen molar-refractivity contribution in [3.05, 3.63) is 29.8 Å². The minimum Gasteiger partial charge on any atom is -0.360 e. The van der Waals surface area contributed by atoms with E-state index in [0.717, 1.165) is 12.0 Å². The highest BCUT2D eigenvalue weighted by Gasteiger charge is 2.32. The van der Waals surface area contributed by atoms with Crippen LogP contribution < -0.4 is 9.80 Å². The molecule has 1 saturated carbocycles. The highest BCUT2D eigenvalue weighted by atomic mass is 15.3. The molecule has 1 heterocycles. The Morgan fingerprint density at radius 1 is 1.05 bits per heavy atom. The number of anilines is 1. The smallest absolute Gasteiger partial charge is 0.0951 e. The van der Waals surface area contributed by atoms with Crippen molar-refractivity contribution in [3.8, 4) is 0 Å². The van der Waals surface area contributed by atoms with E-state index in [-0.39, 0.29) is 0 Å². The number of nitrogens with zero attached hydrogens (tertiary/aromatic N) is 1. The van der Waals surface area contributed by atoms with Crippen molar-refractivity contribution in [2.45, 2.75) is 39.2 Å². The van der Waals surface area contributed by atoms with Gasteiger partial charge in [0.2, 0.25) is 0 Å². The van der Waals surface area contributed by atoms with Crippen LogP contribution in [0.5, 0.6) is 0 Å². The number of quaternary nitrogens is 1. The fourth-order valence-electron chi connectivity index (χ4n) is 3.79. The molecule has 1 aliphatic carbocycles. The molecule has 0 bridgehead atoms. The molecule has 1 N–H and O–H groups in total. The summed E-state index contributed by atoms with van der Waals surface area (Å²) in [5.74, 6) is 0.965. The molecule has 0 unspecified atom stereocenters. The number of piperazine rings is 1. The van der Waals surface area contributed by atoms with Gasteiger partial charge in [-0.1, -0.05) is 24.6 Å². The van der Waals surface area contributed by atoms with Gasteiger partial charge in [0.1, 0.15) is 0 Å². The third kappa shape index (κ3) is 2.94. The Bertz CT molecular complexity index is 404. The predicted molar refractivity (Wildman–Crippen MR) is 80.9 cm³/mol. The fraction of sp³-hybridized carbons (Fsp3) is 0.647. The Labute approximate surface area is 117 Å². The van der Waals surface area contributed by atoms with E-state index < -0.39 is 0 Å². The van der Waals surface area contributed by atoms with Crippen LogP contribution in [0.1, 0.15) is 31.7 Å². The van der Waals surface area contributed by atoms with E-state index in [1.807, 2.05) is 4.90 Å². The number of rotatable bonds is 2. The Kier molecular flexibility index (Phi) is 3.79. The molecule has 2 fully saturated rings. The summed E-state index contributed by atoms with van der Waals surface area (Å²) in [6.07, 6.45) is 4.37. The lowest BCUT2D eigenvalue weighted by molar-refractivity contribution is -0.925. The number of aryl methyl sites for hydroxylation is 1. The molecule has 2 heteroatoms. The second-order valence-electron chi connectivity index (χ2n) is 6.60. The van der Waals surface area contributed by atoms with Gasteiger partial charge in [0.25, 0.3) is 0 Å². The molecule has 1 aliphatic heterocycles. The van der Waals surface area contributed by atoms with E-state index in [1.165, 1.54) is 56.7 Å². The van der Waals surface area contributed by atoms with Gasteiger partial charge in [0.15, 0.2) is 0 Å². The molecule has 3 rings (SSSR count). The summed E-state index contributed by atoms with van der Waals surface area (Å²) in [7, 11) is 0. The topological polar surface area (TPSA) is 7.68 Å². The van der Waals surface area contributed by atoms with Gasteiger partial charge in [-0.2, -0.15) is 0 Å². The van der Waals surface area contributed by atoms with Crippen LogP contribution in [-0.4, -0.2) is 32.2 Å². The van der Waals surface area contributed by atoms with Gasteiger partial charge in [0, 0.05) is 12.1 Å². The summed E-state index contributed by atoms with van der Waals surface area (Å²) in [4.78, 5) is 4.43. The molecule has 0 spiro atoms. The van der Waals surface area contributed by atoms with Crippen LogP contribution in [0.2, 0.25) is 0 Å². The average Bonchev–Trinajstić information content (AvgIpc) is 2.87. The molecular weight excluding hydrogens is 232 g/mol. The Balaban J connectivity index is 1.56. The molecule has 1 aromatic carbocycles. The largest absolute Gasteiger partial charge is 0.360 e. The van der Waals surface area contributed by atoms with Crippen molar-refractivity contribution < 1.29 is 4.90 Å². The zero-order chi connectivity index (χ0) is 13.2. The standard InChI is InChI=1S/C17H26N2/c1-14-3-6-16(7-4-14)18-9-11-19(12-10-18)17-8-5-15(2)13-17/h3-4,6-7,15,17H,5,8-13H2,1-2H3/p+1/t15-,17-/m0/s1. The van der Waals surface area contributed by atoms with Gasteiger partial charge in [-0.15, -0.1) is 0 Å². The van der Waals surface area contributed by atoms with Gasteiger partial charge in [-0.3, -0.25) is 0 Å². The summed E-state index contributed by atoms with van der Waals surface area (Å²) in [5.41, 5.74) is 2.76. The highest BCUT2D eigenvalue weighted by Crippen LogP contribution is 2.23. The van der Waals surface area contributed by atoms with Crippen LogP contribution >= 0.6 is 0 Å². The van der Waals surface area contributed by atoms with Crippen molar-refractivity contribution in [1.29, 1.82) is 0 Å². The maximum Gasteiger partial charge on any atom is 0.0951 e. The fourth-order valence-corrected chi connectivity index (χ4v) is 3.79. The first-order valence-corrected chi connectivity index (χ1v) is 7.88. The predicted octanol–water partition coefficient (Wildman–Crippen LogP) is 1.89. The summed E-state index contributed by atoms with van der Waals surface area (Å²) in [6, 6.07) is 9.96. The van der Waals surface area contributed by atoms with Crippen LogP contribution in [0.4, 0.5) is 5.69 Å². The van der Waals surface area contributed by atoms with Crippen molar-refractivity contribution >= 4 is 5.69 Å². The van der Waals surface area contributed by atoms with Crippen molar-refractivity contribution in [2.24, 2.45) is 5.92 Å². The molecule has 0 amide bonds. The maximum absolute atomic E-state index is 2.56. The van der Waals surface area contributed by atoms with Crippen LogP contribution in [0.3, 0.4) is 0 Å². The second-order valence-corrected chi connectivity index (χ2v) is 6.60. The van der Waals surface area contributed by atoms with Gasteiger partial charge in [-0.05, 0) is 37.8 Å². The summed E-state index contributed by atoms with van der Waals surface area (Å²) >= 11 is 0. The summed E-state index contributed by atoms with van der Waals surface area (Å²) < 4.78 is 0. The van der Waals surface area contributed by atoms with Crippen LogP contribution in [0.15, 0.2) is 24.3 Å². The molecule has 1 aromatic rings. The zero-order valence-electron chi connectivity index (χ0n) is 12.4. The van der Waals surface area contributed by atoms with Gasteiger partial charge < -0.3 is 9.80 Å². The molecule has 2 nitrogen and oxygen atoms in total. The third-order valence-corrected chi connectivity index (χ3v) is 5.08. The first kappa shape index (κ1) is 13.0. The minimum atomic E-state index is 0.954. The SMILES string of the molecule is Cc1ccc(N2CC[NH+]([C@H]3CC[C@H](C)C3)CC2)cc1. The first-order valence-electron chi connectivity index (χ1n) is 7.88. The van der Waals surface area contributed by atoms with E-state index in [2.05, 4.69) is 43.0 Å². The lowest BCUT2D eigenvalue weighted by Crippen LogP contribution is -3.18. The van der Waals surface area contributed by atoms with E-state index in [0.29, 0.717) is 0 Å². The Morgan fingerprint density at radius 2 is 1.74 bits per heavy atom. The molecule has 1 saturated heterocycles. The second kappa shape index (κ2) is 5.54. The molecule has 2 aliphatic rings. The van der Waals surface area contributed by atoms with Crippen LogP contribution in [0, 0.1) is 12.8 Å². The number of hydrogen-bond donors (Lipinski definition) is 1. The zero-order valence-corrected chi connectivity index (χ0v) is 12.4. The monoisotopic (exact) mass is 259 g/mol. The molecular formula is C17H27N2+. The Hall–Kier alpha value is -1.02. The van der Waals surface area contributed by atoms with E-state index >= 15 is 0 Å². The Morgan fingerprint density at radius 3 is 2.32 bits per heavy atom. The average molecular weight is 259 g/mol. The molecule has 2 atom stereocenters. The molecule has 0 aromatic heterocycles. The van der Waals surface area contributed by atoms with Gasteiger partial charge in [-0.25, -0.2) is 0 Å².